The van der Waals surface area contributed by atoms with E-state index in [-0.39, 0.29) is 0 Å². The van der Waals surface area contributed by atoms with Crippen LogP contribution in [-0.2, 0) is 33.4 Å². The minimum atomic E-state index is 0.583. The number of imidazole rings is 1. The summed E-state index contributed by atoms with van der Waals surface area (Å²) in [5.74, 6) is 0. The van der Waals surface area contributed by atoms with E-state index in [2.05, 4.69) is 28.5 Å². The minimum Gasteiger partial charge on any atom is -0.328 e. The van der Waals surface area contributed by atoms with Crippen molar-refractivity contribution in [3.8, 4) is 0 Å². The largest absolute Gasteiger partial charge is 0.328 e. The second kappa shape index (κ2) is 4.20. The SMILES string of the molecule is Cn1ccn(C)[c]1=[Pt].NC1CC1. The van der Waals surface area contributed by atoms with Crippen LogP contribution in [0.3, 0.4) is 0 Å². The predicted molar refractivity (Wildman–Crippen MR) is 44.8 cm³/mol. The summed E-state index contributed by atoms with van der Waals surface area (Å²) in [5.41, 5.74) is 5.22. The van der Waals surface area contributed by atoms with Crippen molar-refractivity contribution >= 4 is 0 Å². The van der Waals surface area contributed by atoms with Crippen molar-refractivity contribution in [1.29, 1.82) is 0 Å². The van der Waals surface area contributed by atoms with Gasteiger partial charge in [0.25, 0.3) is 0 Å². The number of hydrogen-bond donors (Lipinski definition) is 1. The third-order valence-electron chi connectivity index (χ3n) is 1.67. The zero-order valence-electron chi connectivity index (χ0n) is 7.43. The van der Waals surface area contributed by atoms with E-state index >= 15 is 0 Å². The van der Waals surface area contributed by atoms with Gasteiger partial charge in [-0.15, -0.1) is 0 Å². The van der Waals surface area contributed by atoms with Crippen LogP contribution in [0.15, 0.2) is 12.4 Å². The molecule has 0 saturated heterocycles. The van der Waals surface area contributed by atoms with Gasteiger partial charge < -0.3 is 5.73 Å². The van der Waals surface area contributed by atoms with E-state index in [1.165, 1.54) is 16.6 Å². The molecule has 1 heterocycles. The van der Waals surface area contributed by atoms with Gasteiger partial charge in [0.15, 0.2) is 0 Å². The first kappa shape index (κ1) is 9.94. The first-order valence-electron chi connectivity index (χ1n) is 4.00. The van der Waals surface area contributed by atoms with Crippen LogP contribution in [0.1, 0.15) is 12.8 Å². The first-order valence-corrected chi connectivity index (χ1v) is 5.14. The molecule has 1 saturated carbocycles. The summed E-state index contributed by atoms with van der Waals surface area (Å²) in [4.78, 5) is 0. The first-order chi connectivity index (χ1) is 5.61. The number of hydrogen-bond acceptors (Lipinski definition) is 1. The van der Waals surface area contributed by atoms with Crippen LogP contribution >= 0.6 is 0 Å². The van der Waals surface area contributed by atoms with E-state index in [1.807, 2.05) is 26.5 Å². The summed E-state index contributed by atoms with van der Waals surface area (Å²) >= 11 is 2.27. The molecule has 0 aliphatic heterocycles. The van der Waals surface area contributed by atoms with Crippen LogP contribution in [0.2, 0.25) is 0 Å². The summed E-state index contributed by atoms with van der Waals surface area (Å²) in [5, 5.41) is 0. The smallest absolute Gasteiger partial charge is 0.00399 e. The van der Waals surface area contributed by atoms with E-state index in [9.17, 15) is 0 Å². The van der Waals surface area contributed by atoms with Gasteiger partial charge in [0.05, 0.1) is 0 Å². The van der Waals surface area contributed by atoms with Gasteiger partial charge >= 0.3 is 58.8 Å². The van der Waals surface area contributed by atoms with Crippen molar-refractivity contribution in [2.75, 3.05) is 0 Å². The van der Waals surface area contributed by atoms with E-state index in [0.29, 0.717) is 6.04 Å². The Balaban J connectivity index is 0.000000150. The van der Waals surface area contributed by atoms with Gasteiger partial charge in [-0.2, -0.15) is 0 Å². The Bertz CT molecular complexity index is 273. The molecule has 0 aromatic carbocycles. The quantitative estimate of drug-likeness (QED) is 0.730. The van der Waals surface area contributed by atoms with Crippen molar-refractivity contribution in [2.45, 2.75) is 18.9 Å². The van der Waals surface area contributed by atoms with Crippen molar-refractivity contribution in [3.63, 3.8) is 0 Å². The van der Waals surface area contributed by atoms with Crippen LogP contribution in [-0.4, -0.2) is 15.2 Å². The summed E-state index contributed by atoms with van der Waals surface area (Å²) < 4.78 is 5.38. The minimum absolute atomic E-state index is 0.583. The Morgan fingerprint density at radius 2 is 1.67 bits per heavy atom. The summed E-state index contributed by atoms with van der Waals surface area (Å²) in [6, 6.07) is 0.583. The second-order valence-electron chi connectivity index (χ2n) is 3.10. The average Bonchev–Trinajstić information content (AvgIpc) is 2.77. The molecule has 4 heteroatoms. The van der Waals surface area contributed by atoms with Gasteiger partial charge in [-0.1, -0.05) is 0 Å². The molecule has 1 aromatic heterocycles. The average molecular weight is 348 g/mol. The van der Waals surface area contributed by atoms with Crippen LogP contribution in [0.4, 0.5) is 0 Å². The van der Waals surface area contributed by atoms with Gasteiger partial charge in [0, 0.05) is 6.04 Å². The molecular formula is C8H15N3Pt. The fourth-order valence-electron chi connectivity index (χ4n) is 0.659. The Labute approximate surface area is 83.6 Å². The van der Waals surface area contributed by atoms with E-state index in [4.69, 9.17) is 5.73 Å². The molecule has 0 spiro atoms. The molecule has 1 aliphatic carbocycles. The molecule has 0 atom stereocenters. The van der Waals surface area contributed by atoms with Crippen molar-refractivity contribution < 1.29 is 19.4 Å². The molecule has 2 N–H and O–H groups in total. The molecule has 12 heavy (non-hydrogen) atoms. The van der Waals surface area contributed by atoms with Crippen LogP contribution in [0, 0.1) is 3.80 Å². The summed E-state index contributed by atoms with van der Waals surface area (Å²) in [7, 11) is 4.06. The number of aromatic nitrogens is 2. The summed E-state index contributed by atoms with van der Waals surface area (Å²) in [6.45, 7) is 0. The normalized spacial score (nSPS) is 15.4. The van der Waals surface area contributed by atoms with Gasteiger partial charge in [-0.3, -0.25) is 0 Å². The molecule has 3 nitrogen and oxygen atoms in total. The number of rotatable bonds is 0. The molecule has 1 aromatic rings. The van der Waals surface area contributed by atoms with E-state index in [0.717, 1.165) is 0 Å². The monoisotopic (exact) mass is 348 g/mol. The van der Waals surface area contributed by atoms with Crippen molar-refractivity contribution in [1.82, 2.24) is 9.13 Å². The van der Waals surface area contributed by atoms with Gasteiger partial charge in [0.1, 0.15) is 0 Å². The molecule has 0 bridgehead atoms. The van der Waals surface area contributed by atoms with Crippen molar-refractivity contribution in [3.05, 3.63) is 16.2 Å². The predicted octanol–water partition coefficient (Wildman–Crippen LogP) is 0.550. The molecule has 2 rings (SSSR count). The van der Waals surface area contributed by atoms with E-state index in [1.54, 1.807) is 0 Å². The second-order valence-corrected chi connectivity index (χ2v) is 4.11. The van der Waals surface area contributed by atoms with E-state index < -0.39 is 0 Å². The van der Waals surface area contributed by atoms with Crippen LogP contribution in [0.5, 0.6) is 0 Å². The Hall–Kier alpha value is -0.142. The number of aryl methyl sites for hydroxylation is 2. The van der Waals surface area contributed by atoms with Crippen LogP contribution < -0.4 is 5.73 Å². The number of nitrogens with zero attached hydrogens (tertiary/aromatic N) is 2. The third-order valence-corrected chi connectivity index (χ3v) is 3.28. The maximum Gasteiger partial charge on any atom is 0.00399 e. The third kappa shape index (κ3) is 3.08. The van der Waals surface area contributed by atoms with Gasteiger partial charge in [-0.25, -0.2) is 0 Å². The maximum atomic E-state index is 5.22. The fraction of sp³-hybridized carbons (Fsp3) is 0.625. The Morgan fingerprint density at radius 3 is 1.75 bits per heavy atom. The molecular weight excluding hydrogens is 333 g/mol. The molecule has 0 amide bonds. The number of nitrogens with two attached hydrogens (primary N) is 1. The molecule has 1 aliphatic rings. The molecule has 72 valence electrons. The maximum absolute atomic E-state index is 5.22. The Morgan fingerprint density at radius 1 is 1.33 bits per heavy atom. The zero-order valence-corrected chi connectivity index (χ0v) is 9.71. The molecule has 0 radical (unpaired) electrons. The zero-order chi connectivity index (χ0) is 9.14. The van der Waals surface area contributed by atoms with Crippen molar-refractivity contribution in [2.24, 2.45) is 19.8 Å². The van der Waals surface area contributed by atoms with Gasteiger partial charge in [-0.05, 0) is 12.8 Å². The van der Waals surface area contributed by atoms with Gasteiger partial charge in [0.2, 0.25) is 0 Å². The molecule has 1 fully saturated rings. The summed E-state index contributed by atoms with van der Waals surface area (Å²) in [6.07, 6.45) is 6.59. The topological polar surface area (TPSA) is 35.9 Å². The fourth-order valence-corrected chi connectivity index (χ4v) is 0.998. The molecule has 0 unspecified atom stereocenters. The van der Waals surface area contributed by atoms with Crippen LogP contribution in [0.25, 0.3) is 0 Å². The Kier molecular flexibility index (Phi) is 3.48. The standard InChI is InChI=1S/C5H8N2.C3H7N.Pt/c1-6-3-4-7(2)5-6;4-3-1-2-3;/h3-4H,1-2H3;3H,1-2,4H2;.